The summed E-state index contributed by atoms with van der Waals surface area (Å²) in [5, 5.41) is 22.2. The fourth-order valence-electron chi connectivity index (χ4n) is 7.02. The van der Waals surface area contributed by atoms with Crippen LogP contribution in [0.2, 0.25) is 0 Å². The Hall–Kier alpha value is -1.38. The van der Waals surface area contributed by atoms with Gasteiger partial charge in [0.15, 0.2) is 12.6 Å². The van der Waals surface area contributed by atoms with Crippen LogP contribution < -0.4 is 0 Å². The van der Waals surface area contributed by atoms with E-state index in [9.17, 15) is 19.8 Å². The van der Waals surface area contributed by atoms with Crippen LogP contribution in [0.1, 0.15) is 92.4 Å². The van der Waals surface area contributed by atoms with Crippen molar-refractivity contribution in [3.8, 4) is 0 Å². The summed E-state index contributed by atoms with van der Waals surface area (Å²) in [6.07, 6.45) is -0.667. The number of rotatable bonds is 13. The molecule has 9 unspecified atom stereocenters. The van der Waals surface area contributed by atoms with Crippen molar-refractivity contribution >= 4 is 11.9 Å². The second-order valence-corrected chi connectivity index (χ2v) is 13.4. The summed E-state index contributed by atoms with van der Waals surface area (Å²) in [6, 6.07) is -0.657. The summed E-state index contributed by atoms with van der Waals surface area (Å²) in [6.45, 7) is 9.68. The maximum Gasteiger partial charge on any atom is 0.309 e. The van der Waals surface area contributed by atoms with Crippen molar-refractivity contribution in [1.82, 2.24) is 4.90 Å². The van der Waals surface area contributed by atoms with Gasteiger partial charge < -0.3 is 48.3 Å². The molecule has 0 aliphatic carbocycles. The molecule has 3 heterocycles. The summed E-state index contributed by atoms with van der Waals surface area (Å²) >= 11 is 0. The molecule has 3 aliphatic rings. The van der Waals surface area contributed by atoms with E-state index in [1.54, 1.807) is 25.9 Å². The largest absolute Gasteiger partial charge is 0.462 e. The molecule has 0 amide bonds. The lowest BCUT2D eigenvalue weighted by Gasteiger charge is -2.47. The van der Waals surface area contributed by atoms with Crippen LogP contribution in [0.3, 0.4) is 0 Å². The van der Waals surface area contributed by atoms with Crippen molar-refractivity contribution in [2.45, 2.75) is 160 Å². The van der Waals surface area contributed by atoms with E-state index in [0.717, 1.165) is 32.1 Å². The first-order chi connectivity index (χ1) is 21.4. The van der Waals surface area contributed by atoms with Gasteiger partial charge in [-0.2, -0.15) is 0 Å². The molecule has 262 valence electrons. The summed E-state index contributed by atoms with van der Waals surface area (Å²) in [5.41, 5.74) is 0. The molecule has 3 aliphatic heterocycles. The molecule has 0 spiro atoms. The number of carbonyl (C=O) groups excluding carboxylic acids is 2. The number of ether oxygens (including phenoxy) is 7. The van der Waals surface area contributed by atoms with Gasteiger partial charge in [-0.1, -0.05) is 39.5 Å². The first-order valence-corrected chi connectivity index (χ1v) is 16.9. The maximum absolute atomic E-state index is 13.3. The van der Waals surface area contributed by atoms with Crippen molar-refractivity contribution in [2.24, 2.45) is 11.8 Å². The van der Waals surface area contributed by atoms with Gasteiger partial charge in [0.05, 0.1) is 43.5 Å². The Kier molecular flexibility index (Phi) is 15.4. The lowest BCUT2D eigenvalue weighted by Crippen LogP contribution is -2.63. The monoisotopic (exact) mass is 645 g/mol. The minimum atomic E-state index is -1.20. The number of unbranched alkanes of at least 4 members (excludes halogenated alkanes) is 4. The van der Waals surface area contributed by atoms with Gasteiger partial charge in [-0.05, 0) is 59.0 Å². The third-order valence-corrected chi connectivity index (χ3v) is 9.39. The van der Waals surface area contributed by atoms with Gasteiger partial charge in [0.2, 0.25) is 0 Å². The van der Waals surface area contributed by atoms with E-state index in [1.807, 2.05) is 6.92 Å². The van der Waals surface area contributed by atoms with Crippen LogP contribution in [0.25, 0.3) is 0 Å². The van der Waals surface area contributed by atoms with Gasteiger partial charge >= 0.3 is 11.9 Å². The zero-order valence-corrected chi connectivity index (χ0v) is 28.6. The van der Waals surface area contributed by atoms with Crippen LogP contribution in [0.5, 0.6) is 0 Å². The molecule has 12 heteroatoms. The Balaban J connectivity index is 2.01. The molecule has 3 fully saturated rings. The molecule has 3 rings (SSSR count). The Bertz CT molecular complexity index is 906. The average molecular weight is 646 g/mol. The zero-order valence-electron chi connectivity index (χ0n) is 28.6. The molecular formula is C33H59NO11. The topological polar surface area (TPSA) is 142 Å². The Morgan fingerprint density at radius 3 is 2.33 bits per heavy atom. The van der Waals surface area contributed by atoms with E-state index in [0.29, 0.717) is 19.4 Å². The van der Waals surface area contributed by atoms with Crippen molar-refractivity contribution in [3.63, 3.8) is 0 Å². The van der Waals surface area contributed by atoms with Gasteiger partial charge in [0, 0.05) is 20.5 Å². The molecule has 0 radical (unpaired) electrons. The predicted molar refractivity (Wildman–Crippen MR) is 165 cm³/mol. The fraction of sp³-hybridized carbons (Fsp3) is 0.939. The highest BCUT2D eigenvalue weighted by atomic mass is 16.7. The lowest BCUT2D eigenvalue weighted by molar-refractivity contribution is -0.311. The maximum atomic E-state index is 13.3. The number of aliphatic hydroxyl groups is 2. The van der Waals surface area contributed by atoms with Crippen LogP contribution in [0.4, 0.5) is 0 Å². The first kappa shape index (κ1) is 38.1. The molecule has 0 aromatic heterocycles. The van der Waals surface area contributed by atoms with E-state index in [-0.39, 0.29) is 30.5 Å². The molecule has 3 saturated heterocycles. The van der Waals surface area contributed by atoms with Gasteiger partial charge in [-0.25, -0.2) is 0 Å². The number of carbonyl (C=O) groups is 2. The molecule has 0 saturated carbocycles. The number of aliphatic hydroxyl groups excluding tert-OH is 2. The predicted octanol–water partition coefficient (Wildman–Crippen LogP) is 3.19. The third kappa shape index (κ3) is 10.8. The average Bonchev–Trinajstić information content (AvgIpc) is 3.37. The van der Waals surface area contributed by atoms with Crippen LogP contribution in [0, 0.1) is 11.8 Å². The van der Waals surface area contributed by atoms with Crippen LogP contribution in [-0.2, 0) is 42.7 Å². The molecule has 0 bridgehead atoms. The van der Waals surface area contributed by atoms with E-state index < -0.39 is 67.2 Å². The molecule has 45 heavy (non-hydrogen) atoms. The third-order valence-electron chi connectivity index (χ3n) is 9.39. The van der Waals surface area contributed by atoms with Gasteiger partial charge in [-0.3, -0.25) is 9.59 Å². The number of cyclic esters (lactones) is 1. The summed E-state index contributed by atoms with van der Waals surface area (Å²) in [5.74, 6) is -1.39. The Morgan fingerprint density at radius 1 is 1.02 bits per heavy atom. The van der Waals surface area contributed by atoms with Crippen LogP contribution in [0.15, 0.2) is 0 Å². The van der Waals surface area contributed by atoms with Crippen LogP contribution >= 0.6 is 0 Å². The summed E-state index contributed by atoms with van der Waals surface area (Å²) in [7, 11) is 5.03. The zero-order chi connectivity index (χ0) is 33.3. The van der Waals surface area contributed by atoms with E-state index in [1.165, 1.54) is 20.5 Å². The highest BCUT2D eigenvalue weighted by Gasteiger charge is 2.49. The minimum Gasteiger partial charge on any atom is -0.462 e. The summed E-state index contributed by atoms with van der Waals surface area (Å²) in [4.78, 5) is 27.4. The number of esters is 2. The van der Waals surface area contributed by atoms with Crippen molar-refractivity contribution in [3.05, 3.63) is 0 Å². The highest BCUT2D eigenvalue weighted by Crippen LogP contribution is 2.37. The second-order valence-electron chi connectivity index (χ2n) is 13.4. The van der Waals surface area contributed by atoms with E-state index in [2.05, 4.69) is 13.8 Å². The minimum absolute atomic E-state index is 0.0506. The Labute approximate surface area is 269 Å². The van der Waals surface area contributed by atoms with Crippen molar-refractivity contribution in [2.75, 3.05) is 27.8 Å². The normalized spacial score (nSPS) is 39.9. The SMILES string of the molecule is CCCCCCCC1OC(=O)CC(OC(C)=O)C(OC)C(OC2O[C@H](C)[C@@H](O)[C@H](N(C)C)[C@H]2O)C(CC2OCC(C)O2)CC1C. The smallest absolute Gasteiger partial charge is 0.309 e. The lowest BCUT2D eigenvalue weighted by atomic mass is 9.80. The number of methoxy groups -OCH3 is 1. The molecular weight excluding hydrogens is 586 g/mol. The first-order valence-electron chi connectivity index (χ1n) is 16.9. The number of nitrogens with zero attached hydrogens (tertiary/aromatic N) is 1. The van der Waals surface area contributed by atoms with Crippen molar-refractivity contribution < 1.29 is 53.0 Å². The van der Waals surface area contributed by atoms with Gasteiger partial charge in [0.25, 0.3) is 0 Å². The molecule has 0 aromatic rings. The molecule has 12 nitrogen and oxygen atoms in total. The number of hydrogen-bond acceptors (Lipinski definition) is 12. The standard InChI is InChI=1S/C33H59NO11/c1-9-10-11-12-13-14-24-19(2)15-23(16-27-40-18-20(3)41-27)31(32(39-8)25(43-22(5)35)17-26(36)44-24)45-33-30(38)28(34(6)7)29(37)21(4)42-33/h19-21,23-25,27-33,37-38H,9-18H2,1-8H3/t19?,20?,21-,23?,24?,25?,27?,28+,29-,30-,31?,32?,33?/m1/s1. The number of hydrogen-bond donors (Lipinski definition) is 2. The quantitative estimate of drug-likeness (QED) is 0.224. The van der Waals surface area contributed by atoms with E-state index in [4.69, 9.17) is 33.2 Å². The van der Waals surface area contributed by atoms with Crippen LogP contribution in [-0.4, -0.2) is 122 Å². The molecule has 13 atom stereocenters. The fourth-order valence-corrected chi connectivity index (χ4v) is 7.02. The molecule has 0 aromatic carbocycles. The summed E-state index contributed by atoms with van der Waals surface area (Å²) < 4.78 is 42.5. The highest BCUT2D eigenvalue weighted by molar-refractivity contribution is 5.72. The Morgan fingerprint density at radius 2 is 1.73 bits per heavy atom. The van der Waals surface area contributed by atoms with Gasteiger partial charge in [-0.15, -0.1) is 0 Å². The molecule has 2 N–H and O–H groups in total. The number of likely N-dealkylation sites (N-methyl/N-ethyl adjacent to an activating group) is 1. The van der Waals surface area contributed by atoms with Crippen molar-refractivity contribution in [1.29, 1.82) is 0 Å². The van der Waals surface area contributed by atoms with Gasteiger partial charge in [0.1, 0.15) is 24.4 Å². The van der Waals surface area contributed by atoms with E-state index >= 15 is 0 Å². The second kappa shape index (κ2) is 18.2.